The molecule has 0 aliphatic carbocycles. The van der Waals surface area contributed by atoms with Crippen LogP contribution in [0.25, 0.3) is 0 Å². The molecule has 1 N–H and O–H groups in total. The first-order valence-electron chi connectivity index (χ1n) is 10.3. The minimum Gasteiger partial charge on any atom is -0.457 e. The first-order valence-corrected chi connectivity index (χ1v) is 10.6. The summed E-state index contributed by atoms with van der Waals surface area (Å²) >= 11 is 6.00. The number of benzene rings is 2. The summed E-state index contributed by atoms with van der Waals surface area (Å²) in [6.07, 6.45) is 0.928. The number of pyridine rings is 1. The van der Waals surface area contributed by atoms with Gasteiger partial charge in [0.1, 0.15) is 11.5 Å². The zero-order valence-corrected chi connectivity index (χ0v) is 18.9. The molecule has 0 aliphatic heterocycles. The van der Waals surface area contributed by atoms with Gasteiger partial charge in [0.15, 0.2) is 0 Å². The van der Waals surface area contributed by atoms with Gasteiger partial charge in [0.05, 0.1) is 23.5 Å². The highest BCUT2D eigenvalue weighted by Crippen LogP contribution is 2.26. The van der Waals surface area contributed by atoms with E-state index in [2.05, 4.69) is 10.3 Å². The van der Waals surface area contributed by atoms with E-state index in [9.17, 15) is 4.79 Å². The van der Waals surface area contributed by atoms with Gasteiger partial charge in [-0.2, -0.15) is 0 Å². The zero-order valence-electron chi connectivity index (χ0n) is 18.2. The number of aromatic nitrogens is 1. The van der Waals surface area contributed by atoms with Crippen molar-refractivity contribution in [2.24, 2.45) is 0 Å². The van der Waals surface area contributed by atoms with E-state index < -0.39 is 0 Å². The SMILES string of the molecule is Cc1nc(CC(C)OC(C)C)ccc1C(=O)Nc1cccc(Oc2cccc(Cl)c2)c1. The van der Waals surface area contributed by atoms with Gasteiger partial charge in [-0.25, -0.2) is 0 Å². The van der Waals surface area contributed by atoms with Crippen molar-refractivity contribution in [2.45, 2.75) is 46.3 Å². The van der Waals surface area contributed by atoms with Crippen LogP contribution in [-0.4, -0.2) is 23.1 Å². The van der Waals surface area contributed by atoms with Gasteiger partial charge in [0, 0.05) is 28.9 Å². The number of amides is 1. The average molecular weight is 439 g/mol. The Morgan fingerprint density at radius 3 is 2.42 bits per heavy atom. The predicted molar refractivity (Wildman–Crippen MR) is 124 cm³/mol. The molecule has 1 unspecified atom stereocenters. The molecule has 0 fully saturated rings. The Morgan fingerprint density at radius 2 is 1.74 bits per heavy atom. The smallest absolute Gasteiger partial charge is 0.257 e. The summed E-state index contributed by atoms with van der Waals surface area (Å²) < 4.78 is 11.6. The molecule has 0 radical (unpaired) electrons. The molecule has 162 valence electrons. The highest BCUT2D eigenvalue weighted by molar-refractivity contribution is 6.30. The number of aryl methyl sites for hydroxylation is 1. The number of anilines is 1. The normalized spacial score (nSPS) is 11.9. The van der Waals surface area contributed by atoms with E-state index in [4.69, 9.17) is 21.1 Å². The summed E-state index contributed by atoms with van der Waals surface area (Å²) in [4.78, 5) is 17.4. The zero-order chi connectivity index (χ0) is 22.4. The van der Waals surface area contributed by atoms with E-state index in [1.54, 1.807) is 24.3 Å². The lowest BCUT2D eigenvalue weighted by Crippen LogP contribution is -2.18. The monoisotopic (exact) mass is 438 g/mol. The van der Waals surface area contributed by atoms with E-state index in [0.29, 0.717) is 39.9 Å². The number of halogens is 1. The Kier molecular flexibility index (Phi) is 7.66. The molecule has 0 aliphatic rings. The molecule has 0 saturated heterocycles. The van der Waals surface area contributed by atoms with Crippen molar-refractivity contribution < 1.29 is 14.3 Å². The molecule has 1 heterocycles. The molecule has 1 aromatic heterocycles. The molecule has 31 heavy (non-hydrogen) atoms. The average Bonchev–Trinajstić information content (AvgIpc) is 2.67. The molecule has 0 spiro atoms. The fourth-order valence-corrected chi connectivity index (χ4v) is 3.46. The second-order valence-electron chi connectivity index (χ2n) is 7.68. The Labute approximate surface area is 188 Å². The van der Waals surface area contributed by atoms with Crippen molar-refractivity contribution in [3.63, 3.8) is 0 Å². The van der Waals surface area contributed by atoms with E-state index >= 15 is 0 Å². The maximum Gasteiger partial charge on any atom is 0.257 e. The van der Waals surface area contributed by atoms with Crippen LogP contribution in [0.5, 0.6) is 11.5 Å². The minimum absolute atomic E-state index is 0.0637. The molecular weight excluding hydrogens is 412 g/mol. The Hall–Kier alpha value is -2.89. The Bertz CT molecular complexity index is 1050. The largest absolute Gasteiger partial charge is 0.457 e. The van der Waals surface area contributed by atoms with Crippen molar-refractivity contribution in [1.29, 1.82) is 0 Å². The maximum atomic E-state index is 12.8. The van der Waals surface area contributed by atoms with Gasteiger partial charge in [-0.3, -0.25) is 9.78 Å². The number of rotatable bonds is 8. The molecule has 1 atom stereocenters. The topological polar surface area (TPSA) is 60.5 Å². The van der Waals surface area contributed by atoms with Gasteiger partial charge >= 0.3 is 0 Å². The van der Waals surface area contributed by atoms with E-state index in [-0.39, 0.29) is 18.1 Å². The van der Waals surface area contributed by atoms with Gasteiger partial charge in [-0.1, -0.05) is 23.7 Å². The first kappa shape index (κ1) is 22.8. The van der Waals surface area contributed by atoms with Gasteiger partial charge in [0.25, 0.3) is 5.91 Å². The molecule has 5 nitrogen and oxygen atoms in total. The molecule has 0 saturated carbocycles. The minimum atomic E-state index is -0.220. The fraction of sp³-hybridized carbons (Fsp3) is 0.280. The summed E-state index contributed by atoms with van der Waals surface area (Å²) in [5.74, 6) is 1.01. The number of nitrogens with zero attached hydrogens (tertiary/aromatic N) is 1. The van der Waals surface area contributed by atoms with Crippen LogP contribution in [0.15, 0.2) is 60.7 Å². The summed E-state index contributed by atoms with van der Waals surface area (Å²) in [5, 5.41) is 3.51. The van der Waals surface area contributed by atoms with E-state index in [1.165, 1.54) is 0 Å². The van der Waals surface area contributed by atoms with E-state index in [1.807, 2.05) is 64.1 Å². The highest BCUT2D eigenvalue weighted by atomic mass is 35.5. The quantitative estimate of drug-likeness (QED) is 0.439. The summed E-state index contributed by atoms with van der Waals surface area (Å²) in [5.41, 5.74) is 2.74. The highest BCUT2D eigenvalue weighted by Gasteiger charge is 2.14. The van der Waals surface area contributed by atoms with Crippen molar-refractivity contribution in [1.82, 2.24) is 4.98 Å². The van der Waals surface area contributed by atoms with Crippen molar-refractivity contribution in [3.05, 3.63) is 82.6 Å². The molecule has 1 amide bonds. The maximum absolute atomic E-state index is 12.8. The van der Waals surface area contributed by atoms with Crippen molar-refractivity contribution >= 4 is 23.2 Å². The number of hydrogen-bond donors (Lipinski definition) is 1. The third kappa shape index (κ3) is 6.81. The van der Waals surface area contributed by atoms with Crippen molar-refractivity contribution in [2.75, 3.05) is 5.32 Å². The number of nitrogens with one attached hydrogen (secondary N) is 1. The number of carbonyl (C=O) groups is 1. The lowest BCUT2D eigenvalue weighted by atomic mass is 10.1. The van der Waals surface area contributed by atoms with E-state index in [0.717, 1.165) is 5.69 Å². The van der Waals surface area contributed by atoms with Crippen LogP contribution in [-0.2, 0) is 11.2 Å². The van der Waals surface area contributed by atoms with Gasteiger partial charge < -0.3 is 14.8 Å². The Morgan fingerprint density at radius 1 is 1.03 bits per heavy atom. The molecular formula is C25H27ClN2O3. The second kappa shape index (κ2) is 10.4. The first-order chi connectivity index (χ1) is 14.8. The summed E-state index contributed by atoms with van der Waals surface area (Å²) in [7, 11) is 0. The molecule has 6 heteroatoms. The van der Waals surface area contributed by atoms with Crippen LogP contribution in [0.2, 0.25) is 5.02 Å². The molecule has 2 aromatic carbocycles. The summed E-state index contributed by atoms with van der Waals surface area (Å²) in [6.45, 7) is 7.89. The van der Waals surface area contributed by atoms with Crippen LogP contribution in [0.1, 0.15) is 42.5 Å². The molecule has 0 bridgehead atoms. The van der Waals surface area contributed by atoms with Gasteiger partial charge in [-0.05, 0) is 70.2 Å². The summed E-state index contributed by atoms with van der Waals surface area (Å²) in [6, 6.07) is 18.0. The van der Waals surface area contributed by atoms with Crippen LogP contribution in [0, 0.1) is 6.92 Å². The number of carbonyl (C=O) groups excluding carboxylic acids is 1. The van der Waals surface area contributed by atoms with Gasteiger partial charge in [-0.15, -0.1) is 0 Å². The van der Waals surface area contributed by atoms with Crippen LogP contribution in [0.4, 0.5) is 5.69 Å². The van der Waals surface area contributed by atoms with Crippen LogP contribution >= 0.6 is 11.6 Å². The lowest BCUT2D eigenvalue weighted by molar-refractivity contribution is 0.0190. The van der Waals surface area contributed by atoms with Crippen molar-refractivity contribution in [3.8, 4) is 11.5 Å². The molecule has 3 rings (SSSR count). The second-order valence-corrected chi connectivity index (χ2v) is 8.11. The standard InChI is InChI=1S/C25H27ClN2O3/c1-16(2)30-17(3)13-21-11-12-24(18(4)27-21)25(29)28-20-8-6-10-23(15-20)31-22-9-5-7-19(26)14-22/h5-12,14-17H,13H2,1-4H3,(H,28,29). The molecule has 3 aromatic rings. The Balaban J connectivity index is 1.67. The predicted octanol–water partition coefficient (Wildman–Crippen LogP) is 6.44. The lowest BCUT2D eigenvalue weighted by Gasteiger charge is -2.16. The van der Waals surface area contributed by atoms with Crippen LogP contribution in [0.3, 0.4) is 0 Å². The van der Waals surface area contributed by atoms with Crippen LogP contribution < -0.4 is 10.1 Å². The fourth-order valence-electron chi connectivity index (χ4n) is 3.28. The third-order valence-corrected chi connectivity index (χ3v) is 4.75. The number of ether oxygens (including phenoxy) is 2. The third-order valence-electron chi connectivity index (χ3n) is 4.51. The number of hydrogen-bond acceptors (Lipinski definition) is 4. The van der Waals surface area contributed by atoms with Gasteiger partial charge in [0.2, 0.25) is 0 Å².